The molecule has 0 amide bonds. The van der Waals surface area contributed by atoms with E-state index < -0.39 is 0 Å². The van der Waals surface area contributed by atoms with Crippen molar-refractivity contribution >= 4 is 34.4 Å². The molecule has 1 saturated heterocycles. The molecule has 3 heterocycles. The van der Waals surface area contributed by atoms with Gasteiger partial charge in [-0.25, -0.2) is 9.97 Å². The van der Waals surface area contributed by atoms with Crippen LogP contribution in [0.25, 0.3) is 11.2 Å². The maximum atomic E-state index is 6.03. The molecule has 1 unspecified atom stereocenters. The Bertz CT molecular complexity index is 592. The molecule has 5 nitrogen and oxygen atoms in total. The Morgan fingerprint density at radius 1 is 1.22 bits per heavy atom. The third-order valence-electron chi connectivity index (χ3n) is 3.09. The molecule has 1 fully saturated rings. The van der Waals surface area contributed by atoms with E-state index in [1.54, 1.807) is 0 Å². The molecular weight excluding hydrogens is 275 g/mol. The normalized spacial score (nSPS) is 20.5. The lowest BCUT2D eigenvalue weighted by Crippen LogP contribution is -2.19. The fourth-order valence-electron chi connectivity index (χ4n) is 2.30. The molecule has 3 rings (SSSR count). The zero-order chi connectivity index (χ0) is 12.7. The molecule has 1 atom stereocenters. The maximum Gasteiger partial charge on any atom is 0.225 e. The van der Waals surface area contributed by atoms with Gasteiger partial charge in [-0.05, 0) is 37.8 Å². The van der Waals surface area contributed by atoms with Crippen molar-refractivity contribution in [2.75, 3.05) is 6.61 Å². The van der Waals surface area contributed by atoms with Gasteiger partial charge in [0.2, 0.25) is 5.28 Å². The predicted octanol–water partition coefficient (Wildman–Crippen LogP) is 3.14. The SMILES string of the molecule is Cc1nc2c(Cl)nc(Cl)nc2n1C1CCCCO1. The van der Waals surface area contributed by atoms with E-state index in [9.17, 15) is 0 Å². The summed E-state index contributed by atoms with van der Waals surface area (Å²) in [6.45, 7) is 2.67. The average Bonchev–Trinajstić information content (AvgIpc) is 2.67. The van der Waals surface area contributed by atoms with Crippen LogP contribution in [0.15, 0.2) is 0 Å². The highest BCUT2D eigenvalue weighted by atomic mass is 35.5. The summed E-state index contributed by atoms with van der Waals surface area (Å²) in [5.74, 6) is 0.815. The van der Waals surface area contributed by atoms with Crippen LogP contribution in [0.4, 0.5) is 0 Å². The van der Waals surface area contributed by atoms with Gasteiger partial charge >= 0.3 is 0 Å². The number of hydrogen-bond acceptors (Lipinski definition) is 4. The monoisotopic (exact) mass is 286 g/mol. The number of aryl methyl sites for hydroxylation is 1. The number of fused-ring (bicyclic) bond motifs is 1. The van der Waals surface area contributed by atoms with Crippen LogP contribution < -0.4 is 0 Å². The first kappa shape index (κ1) is 12.1. The van der Waals surface area contributed by atoms with Gasteiger partial charge in [0.15, 0.2) is 10.8 Å². The summed E-state index contributed by atoms with van der Waals surface area (Å²) in [7, 11) is 0. The Balaban J connectivity index is 2.18. The minimum Gasteiger partial charge on any atom is -0.358 e. The summed E-state index contributed by atoms with van der Waals surface area (Å²) >= 11 is 11.9. The van der Waals surface area contributed by atoms with Crippen molar-refractivity contribution < 1.29 is 4.74 Å². The van der Waals surface area contributed by atoms with Crippen molar-refractivity contribution in [1.29, 1.82) is 0 Å². The maximum absolute atomic E-state index is 6.03. The van der Waals surface area contributed by atoms with E-state index in [4.69, 9.17) is 27.9 Å². The number of imidazole rings is 1. The number of hydrogen-bond donors (Lipinski definition) is 0. The topological polar surface area (TPSA) is 52.8 Å². The smallest absolute Gasteiger partial charge is 0.225 e. The molecule has 7 heteroatoms. The minimum atomic E-state index is -0.0363. The molecule has 0 N–H and O–H groups in total. The predicted molar refractivity (Wildman–Crippen MR) is 68.9 cm³/mol. The Morgan fingerprint density at radius 3 is 2.78 bits per heavy atom. The Morgan fingerprint density at radius 2 is 2.06 bits per heavy atom. The van der Waals surface area contributed by atoms with Crippen LogP contribution >= 0.6 is 23.2 Å². The molecule has 0 aromatic carbocycles. The first-order valence-electron chi connectivity index (χ1n) is 5.86. The Hall–Kier alpha value is -0.910. The zero-order valence-corrected chi connectivity index (χ0v) is 11.4. The molecule has 2 aromatic rings. The molecular formula is C11H12Cl2N4O. The molecule has 0 aliphatic carbocycles. The van der Waals surface area contributed by atoms with Crippen molar-refractivity contribution in [3.63, 3.8) is 0 Å². The number of nitrogens with zero attached hydrogens (tertiary/aromatic N) is 4. The van der Waals surface area contributed by atoms with Crippen LogP contribution in [-0.2, 0) is 4.74 Å². The van der Waals surface area contributed by atoms with Crippen molar-refractivity contribution in [3.8, 4) is 0 Å². The van der Waals surface area contributed by atoms with Crippen molar-refractivity contribution in [2.24, 2.45) is 0 Å². The lowest BCUT2D eigenvalue weighted by atomic mass is 10.2. The second-order valence-electron chi connectivity index (χ2n) is 4.31. The third-order valence-corrected chi connectivity index (χ3v) is 3.52. The lowest BCUT2D eigenvalue weighted by Gasteiger charge is -2.24. The minimum absolute atomic E-state index is 0.0363. The third kappa shape index (κ3) is 1.96. The van der Waals surface area contributed by atoms with Crippen molar-refractivity contribution in [1.82, 2.24) is 19.5 Å². The molecule has 2 aromatic heterocycles. The van der Waals surface area contributed by atoms with Gasteiger partial charge in [-0.3, -0.25) is 4.57 Å². The van der Waals surface area contributed by atoms with Gasteiger partial charge in [0.05, 0.1) is 0 Å². The highest BCUT2D eigenvalue weighted by Gasteiger charge is 2.23. The van der Waals surface area contributed by atoms with Crippen LogP contribution in [0.3, 0.4) is 0 Å². The van der Waals surface area contributed by atoms with Crippen LogP contribution in [0.5, 0.6) is 0 Å². The fraction of sp³-hybridized carbons (Fsp3) is 0.545. The van der Waals surface area contributed by atoms with Gasteiger partial charge in [0.1, 0.15) is 17.6 Å². The van der Waals surface area contributed by atoms with Gasteiger partial charge in [-0.2, -0.15) is 4.98 Å². The molecule has 0 radical (unpaired) electrons. The van der Waals surface area contributed by atoms with Crippen LogP contribution in [0.1, 0.15) is 31.3 Å². The summed E-state index contributed by atoms with van der Waals surface area (Å²) in [5, 5.41) is 0.409. The standard InChI is InChI=1S/C11H12Cl2N4O/c1-6-14-8-9(12)15-11(13)16-10(8)17(6)7-4-2-3-5-18-7/h7H,2-5H2,1H3. The van der Waals surface area contributed by atoms with E-state index in [0.717, 1.165) is 31.7 Å². The quantitative estimate of drug-likeness (QED) is 0.597. The first-order chi connectivity index (χ1) is 8.66. The van der Waals surface area contributed by atoms with Gasteiger partial charge in [0.25, 0.3) is 0 Å². The van der Waals surface area contributed by atoms with Crippen LogP contribution in [-0.4, -0.2) is 26.1 Å². The van der Waals surface area contributed by atoms with Crippen LogP contribution in [0.2, 0.25) is 10.4 Å². The van der Waals surface area contributed by atoms with E-state index in [1.165, 1.54) is 0 Å². The molecule has 18 heavy (non-hydrogen) atoms. The summed E-state index contributed by atoms with van der Waals surface area (Å²) in [5.41, 5.74) is 1.22. The van der Waals surface area contributed by atoms with Gasteiger partial charge in [0, 0.05) is 6.61 Å². The van der Waals surface area contributed by atoms with E-state index >= 15 is 0 Å². The van der Waals surface area contributed by atoms with Gasteiger partial charge in [-0.1, -0.05) is 11.6 Å². The van der Waals surface area contributed by atoms with Gasteiger partial charge < -0.3 is 4.74 Å². The van der Waals surface area contributed by atoms with Crippen molar-refractivity contribution in [2.45, 2.75) is 32.4 Å². The highest BCUT2D eigenvalue weighted by molar-refractivity contribution is 6.35. The van der Waals surface area contributed by atoms with E-state index in [-0.39, 0.29) is 16.7 Å². The molecule has 96 valence electrons. The first-order valence-corrected chi connectivity index (χ1v) is 6.61. The number of halogens is 2. The number of ether oxygens (including phenoxy) is 1. The average molecular weight is 287 g/mol. The van der Waals surface area contributed by atoms with E-state index in [2.05, 4.69) is 15.0 Å². The summed E-state index contributed by atoms with van der Waals surface area (Å²) < 4.78 is 7.72. The van der Waals surface area contributed by atoms with E-state index in [1.807, 2.05) is 11.5 Å². The Labute approximate surface area is 114 Å². The molecule has 1 aliphatic heterocycles. The fourth-order valence-corrected chi connectivity index (χ4v) is 2.71. The highest BCUT2D eigenvalue weighted by Crippen LogP contribution is 2.30. The summed E-state index contributed by atoms with van der Waals surface area (Å²) in [6, 6.07) is 0. The summed E-state index contributed by atoms with van der Waals surface area (Å²) in [6.07, 6.45) is 3.14. The van der Waals surface area contributed by atoms with Gasteiger partial charge in [-0.15, -0.1) is 0 Å². The van der Waals surface area contributed by atoms with E-state index in [0.29, 0.717) is 11.2 Å². The van der Waals surface area contributed by atoms with Crippen LogP contribution in [0, 0.1) is 6.92 Å². The van der Waals surface area contributed by atoms with Crippen molar-refractivity contribution in [3.05, 3.63) is 16.3 Å². The second-order valence-corrected chi connectivity index (χ2v) is 5.00. The molecule has 0 bridgehead atoms. The number of rotatable bonds is 1. The lowest BCUT2D eigenvalue weighted by molar-refractivity contribution is -0.0309. The number of aromatic nitrogens is 4. The Kier molecular flexibility index (Phi) is 3.13. The largest absolute Gasteiger partial charge is 0.358 e. The molecule has 1 aliphatic rings. The molecule has 0 spiro atoms. The zero-order valence-electron chi connectivity index (χ0n) is 9.86. The second kappa shape index (κ2) is 4.64. The molecule has 0 saturated carbocycles. The summed E-state index contributed by atoms with van der Waals surface area (Å²) in [4.78, 5) is 12.5.